The van der Waals surface area contributed by atoms with Crippen molar-refractivity contribution in [2.75, 3.05) is 12.8 Å². The monoisotopic (exact) mass is 367 g/mol. The van der Waals surface area contributed by atoms with Crippen LogP contribution in [0, 0.1) is 6.92 Å². The molecule has 0 saturated carbocycles. The summed E-state index contributed by atoms with van der Waals surface area (Å²) in [4.78, 5) is 19.0. The number of aromatic carboxylic acids is 1. The molecule has 0 amide bonds. The Morgan fingerprint density at radius 2 is 2.04 bits per heavy atom. The molecule has 0 unspecified atom stereocenters. The number of carboxylic acids is 1. The van der Waals surface area contributed by atoms with E-state index in [4.69, 9.17) is 10.5 Å². The number of nitrogen functional groups attached to an aromatic ring is 1. The zero-order valence-corrected chi connectivity index (χ0v) is 13.5. The van der Waals surface area contributed by atoms with E-state index in [1.54, 1.807) is 0 Å². The van der Waals surface area contributed by atoms with Gasteiger partial charge in [0.05, 0.1) is 24.1 Å². The van der Waals surface area contributed by atoms with Crippen LogP contribution < -0.4 is 10.5 Å². The average Bonchev–Trinajstić information content (AvgIpc) is 2.95. The Hall–Kier alpha value is -3.37. The predicted octanol–water partition coefficient (Wildman–Crippen LogP) is 2.41. The zero-order valence-electron chi connectivity index (χ0n) is 13.5. The lowest BCUT2D eigenvalue weighted by Crippen LogP contribution is -2.08. The predicted molar refractivity (Wildman–Crippen MR) is 83.9 cm³/mol. The van der Waals surface area contributed by atoms with E-state index in [1.807, 2.05) is 0 Å². The number of carboxylic acid groups (broad SMARTS) is 1. The third-order valence-electron chi connectivity index (χ3n) is 3.77. The Bertz CT molecular complexity index is 1030. The van der Waals surface area contributed by atoms with Crippen molar-refractivity contribution in [3.05, 3.63) is 35.3 Å². The van der Waals surface area contributed by atoms with Gasteiger partial charge in [-0.25, -0.2) is 19.3 Å². The first-order valence-corrected chi connectivity index (χ1v) is 7.13. The van der Waals surface area contributed by atoms with Gasteiger partial charge in [-0.15, -0.1) is 0 Å². The van der Waals surface area contributed by atoms with Gasteiger partial charge in [-0.2, -0.15) is 18.3 Å². The van der Waals surface area contributed by atoms with Crippen molar-refractivity contribution in [3.8, 4) is 17.1 Å². The molecule has 0 atom stereocenters. The van der Waals surface area contributed by atoms with Crippen molar-refractivity contribution in [1.82, 2.24) is 19.6 Å². The van der Waals surface area contributed by atoms with Gasteiger partial charge in [0.2, 0.25) is 5.88 Å². The smallest absolute Gasteiger partial charge is 0.418 e. The number of anilines is 1. The standard InChI is InChI=1S/C15H12F3N5O3/c1-6-7(3-8(14(24)25)13(22-6)26-2)10-4-9(15(16,17)18)11-12(19)20-5-21-23(10)11/h3-5H,1-2H3,(H,24,25)(H2,19,20,21). The fourth-order valence-electron chi connectivity index (χ4n) is 2.63. The SMILES string of the molecule is COc1nc(C)c(-c2cc(C(F)(F)F)c3c(N)ncnn23)cc1C(=O)O. The molecule has 3 N–H and O–H groups in total. The first kappa shape index (κ1) is 17.5. The second-order valence-electron chi connectivity index (χ2n) is 5.33. The number of halogens is 3. The van der Waals surface area contributed by atoms with E-state index < -0.39 is 23.2 Å². The van der Waals surface area contributed by atoms with E-state index in [0.717, 1.165) is 16.9 Å². The van der Waals surface area contributed by atoms with Crippen LogP contribution in [0.3, 0.4) is 0 Å². The van der Waals surface area contributed by atoms with Crippen LogP contribution in [0.1, 0.15) is 21.6 Å². The number of aryl methyl sites for hydroxylation is 1. The number of ether oxygens (including phenoxy) is 1. The molecule has 8 nitrogen and oxygen atoms in total. The minimum atomic E-state index is -4.70. The summed E-state index contributed by atoms with van der Waals surface area (Å²) >= 11 is 0. The quantitative estimate of drug-likeness (QED) is 0.730. The topological polar surface area (TPSA) is 116 Å². The molecule has 136 valence electrons. The number of aromatic nitrogens is 4. The normalized spacial score (nSPS) is 11.7. The van der Waals surface area contributed by atoms with Crippen molar-refractivity contribution in [2.24, 2.45) is 0 Å². The van der Waals surface area contributed by atoms with Crippen LogP contribution in [0.25, 0.3) is 16.8 Å². The van der Waals surface area contributed by atoms with Gasteiger partial charge in [0, 0.05) is 5.56 Å². The number of carbonyl (C=O) groups is 1. The van der Waals surface area contributed by atoms with Crippen LogP contribution in [0.4, 0.5) is 19.0 Å². The highest BCUT2D eigenvalue weighted by atomic mass is 19.4. The fraction of sp³-hybridized carbons (Fsp3) is 0.200. The summed E-state index contributed by atoms with van der Waals surface area (Å²) in [6.45, 7) is 1.51. The summed E-state index contributed by atoms with van der Waals surface area (Å²) in [6.07, 6.45) is -3.69. The molecule has 0 aliphatic heterocycles. The minimum Gasteiger partial charge on any atom is -0.480 e. The molecule has 0 spiro atoms. The lowest BCUT2D eigenvalue weighted by atomic mass is 10.1. The molecule has 0 bridgehead atoms. The lowest BCUT2D eigenvalue weighted by Gasteiger charge is -2.10. The van der Waals surface area contributed by atoms with Gasteiger partial charge in [-0.05, 0) is 19.1 Å². The summed E-state index contributed by atoms with van der Waals surface area (Å²) < 4.78 is 46.1. The molecular formula is C15H12F3N5O3. The number of hydrogen-bond donors (Lipinski definition) is 2. The first-order valence-electron chi connectivity index (χ1n) is 7.13. The van der Waals surface area contributed by atoms with E-state index >= 15 is 0 Å². The van der Waals surface area contributed by atoms with Gasteiger partial charge in [-0.1, -0.05) is 0 Å². The van der Waals surface area contributed by atoms with Crippen molar-refractivity contribution in [2.45, 2.75) is 13.1 Å². The van der Waals surface area contributed by atoms with Crippen LogP contribution in [0.5, 0.6) is 5.88 Å². The van der Waals surface area contributed by atoms with Crippen LogP contribution in [0.15, 0.2) is 18.5 Å². The molecule has 3 heterocycles. The van der Waals surface area contributed by atoms with Gasteiger partial charge < -0.3 is 15.6 Å². The van der Waals surface area contributed by atoms with Crippen LogP contribution in [-0.2, 0) is 6.18 Å². The summed E-state index contributed by atoms with van der Waals surface area (Å²) in [5.74, 6) is -1.83. The minimum absolute atomic E-state index is 0.0171. The number of alkyl halides is 3. The number of pyridine rings is 1. The van der Waals surface area contributed by atoms with Crippen molar-refractivity contribution in [1.29, 1.82) is 0 Å². The number of nitrogens with two attached hydrogens (primary N) is 1. The van der Waals surface area contributed by atoms with E-state index in [2.05, 4.69) is 15.1 Å². The van der Waals surface area contributed by atoms with E-state index in [9.17, 15) is 23.1 Å². The number of hydrogen-bond acceptors (Lipinski definition) is 6. The molecule has 3 rings (SSSR count). The summed E-state index contributed by atoms with van der Waals surface area (Å²) in [5, 5.41) is 13.1. The second-order valence-corrected chi connectivity index (χ2v) is 5.33. The number of fused-ring (bicyclic) bond motifs is 1. The zero-order chi connectivity index (χ0) is 19.2. The Labute approximate surface area is 144 Å². The third kappa shape index (κ3) is 2.66. The van der Waals surface area contributed by atoms with Gasteiger partial charge >= 0.3 is 12.1 Å². The molecule has 26 heavy (non-hydrogen) atoms. The van der Waals surface area contributed by atoms with Gasteiger partial charge in [0.15, 0.2) is 5.82 Å². The highest BCUT2D eigenvalue weighted by Crippen LogP contribution is 2.39. The maximum atomic E-state index is 13.4. The summed E-state index contributed by atoms with van der Waals surface area (Å²) in [5.41, 5.74) is 4.26. The maximum absolute atomic E-state index is 13.4. The Balaban J connectivity index is 2.39. The average molecular weight is 367 g/mol. The molecule has 0 saturated heterocycles. The van der Waals surface area contributed by atoms with Gasteiger partial charge in [0.25, 0.3) is 0 Å². The molecule has 3 aromatic heterocycles. The van der Waals surface area contributed by atoms with Gasteiger partial charge in [-0.3, -0.25) is 0 Å². The Kier molecular flexibility index (Phi) is 3.93. The molecule has 0 aliphatic rings. The van der Waals surface area contributed by atoms with Crippen LogP contribution >= 0.6 is 0 Å². The van der Waals surface area contributed by atoms with Crippen molar-refractivity contribution in [3.63, 3.8) is 0 Å². The Morgan fingerprint density at radius 1 is 1.35 bits per heavy atom. The molecular weight excluding hydrogens is 355 g/mol. The second kappa shape index (κ2) is 5.86. The van der Waals surface area contributed by atoms with Crippen LogP contribution in [-0.4, -0.2) is 37.8 Å². The molecule has 0 fully saturated rings. The highest BCUT2D eigenvalue weighted by molar-refractivity contribution is 5.92. The number of methoxy groups -OCH3 is 1. The molecule has 0 aromatic carbocycles. The maximum Gasteiger partial charge on any atom is 0.418 e. The van der Waals surface area contributed by atoms with Crippen molar-refractivity contribution >= 4 is 17.3 Å². The third-order valence-corrected chi connectivity index (χ3v) is 3.77. The fourth-order valence-corrected chi connectivity index (χ4v) is 2.63. The van der Waals surface area contributed by atoms with Gasteiger partial charge in [0.1, 0.15) is 17.4 Å². The molecule has 3 aromatic rings. The molecule has 11 heteroatoms. The highest BCUT2D eigenvalue weighted by Gasteiger charge is 2.37. The van der Waals surface area contributed by atoms with E-state index in [1.165, 1.54) is 20.1 Å². The number of rotatable bonds is 3. The van der Waals surface area contributed by atoms with Crippen molar-refractivity contribution < 1.29 is 27.8 Å². The number of nitrogens with zero attached hydrogens (tertiary/aromatic N) is 4. The molecule has 0 radical (unpaired) electrons. The first-order chi connectivity index (χ1) is 12.1. The molecule has 0 aliphatic carbocycles. The van der Waals surface area contributed by atoms with E-state index in [-0.39, 0.29) is 34.2 Å². The lowest BCUT2D eigenvalue weighted by molar-refractivity contribution is -0.136. The Morgan fingerprint density at radius 3 is 2.62 bits per heavy atom. The largest absolute Gasteiger partial charge is 0.480 e. The van der Waals surface area contributed by atoms with Crippen LogP contribution in [0.2, 0.25) is 0 Å². The van der Waals surface area contributed by atoms with E-state index in [0.29, 0.717) is 0 Å². The summed E-state index contributed by atoms with van der Waals surface area (Å²) in [7, 11) is 1.25. The summed E-state index contributed by atoms with van der Waals surface area (Å²) in [6, 6.07) is 2.02.